The number of hydrogen-bond donors (Lipinski definition) is 3. The Morgan fingerprint density at radius 3 is 2.38 bits per heavy atom. The quantitative estimate of drug-likeness (QED) is 0.775. The van der Waals surface area contributed by atoms with Gasteiger partial charge in [-0.2, -0.15) is 0 Å². The molecule has 21 heavy (non-hydrogen) atoms. The van der Waals surface area contributed by atoms with Crippen LogP contribution in [0.1, 0.15) is 38.3 Å². The molecule has 1 saturated heterocycles. The molecule has 114 valence electrons. The molecule has 2 rings (SSSR count). The van der Waals surface area contributed by atoms with Gasteiger partial charge in [0.25, 0.3) is 0 Å². The van der Waals surface area contributed by atoms with Crippen LogP contribution in [0.2, 0.25) is 0 Å². The van der Waals surface area contributed by atoms with Crippen LogP contribution in [-0.2, 0) is 9.59 Å². The van der Waals surface area contributed by atoms with Crippen LogP contribution in [0.15, 0.2) is 30.3 Å². The molecular weight excluding hydrogens is 270 g/mol. The van der Waals surface area contributed by atoms with E-state index < -0.39 is 29.4 Å². The topological polar surface area (TPSA) is 86.6 Å². The van der Waals surface area contributed by atoms with E-state index in [0.717, 1.165) is 5.56 Å². The number of rotatable bonds is 5. The molecule has 0 amide bonds. The predicted molar refractivity (Wildman–Crippen MR) is 77.9 cm³/mol. The summed E-state index contributed by atoms with van der Waals surface area (Å²) in [4.78, 5) is 23.3. The first-order valence-electron chi connectivity index (χ1n) is 7.14. The molecule has 0 aliphatic carbocycles. The molecule has 5 heteroatoms. The van der Waals surface area contributed by atoms with E-state index >= 15 is 0 Å². The largest absolute Gasteiger partial charge is 0.481 e. The lowest BCUT2D eigenvalue weighted by Crippen LogP contribution is -2.49. The van der Waals surface area contributed by atoms with Gasteiger partial charge in [0.2, 0.25) is 0 Å². The Bertz CT molecular complexity index is 528. The van der Waals surface area contributed by atoms with Gasteiger partial charge in [0.1, 0.15) is 5.54 Å². The minimum Gasteiger partial charge on any atom is -0.481 e. The lowest BCUT2D eigenvalue weighted by molar-refractivity contribution is -0.145. The molecule has 1 heterocycles. The van der Waals surface area contributed by atoms with Gasteiger partial charge in [-0.15, -0.1) is 0 Å². The Hall–Kier alpha value is -1.88. The fourth-order valence-electron chi connectivity index (χ4n) is 3.23. The standard InChI is InChI=1S/C16H21NO4/c1-10(2)8-16(15(20)21)9-12(14(18)19)13(17-16)11-6-4-3-5-7-11/h3-7,10,12-13,17H,8-9H2,1-2H3,(H,18,19)(H,20,21). The first-order valence-corrected chi connectivity index (χ1v) is 7.14. The maximum absolute atomic E-state index is 11.7. The highest BCUT2D eigenvalue weighted by molar-refractivity contribution is 5.82. The van der Waals surface area contributed by atoms with E-state index in [1.807, 2.05) is 44.2 Å². The Morgan fingerprint density at radius 1 is 1.29 bits per heavy atom. The van der Waals surface area contributed by atoms with Gasteiger partial charge in [0.15, 0.2) is 0 Å². The molecule has 1 aromatic carbocycles. The minimum atomic E-state index is -1.17. The van der Waals surface area contributed by atoms with E-state index in [0.29, 0.717) is 6.42 Å². The molecule has 0 bridgehead atoms. The summed E-state index contributed by atoms with van der Waals surface area (Å²) in [6.07, 6.45) is 0.519. The smallest absolute Gasteiger partial charge is 0.323 e. The van der Waals surface area contributed by atoms with Gasteiger partial charge in [0.05, 0.1) is 5.92 Å². The number of aliphatic carboxylic acids is 2. The molecule has 1 aromatic rings. The van der Waals surface area contributed by atoms with Crippen LogP contribution in [0.25, 0.3) is 0 Å². The first kappa shape index (κ1) is 15.5. The average Bonchev–Trinajstić information content (AvgIpc) is 2.80. The number of carbonyl (C=O) groups is 2. The average molecular weight is 291 g/mol. The summed E-state index contributed by atoms with van der Waals surface area (Å²) in [5.74, 6) is -2.50. The molecule has 5 nitrogen and oxygen atoms in total. The number of benzene rings is 1. The van der Waals surface area contributed by atoms with Crippen molar-refractivity contribution >= 4 is 11.9 Å². The molecule has 1 aliphatic rings. The normalized spacial score (nSPS) is 28.7. The fraction of sp³-hybridized carbons (Fsp3) is 0.500. The van der Waals surface area contributed by atoms with E-state index in [2.05, 4.69) is 5.32 Å². The lowest BCUT2D eigenvalue weighted by atomic mass is 9.84. The third kappa shape index (κ3) is 3.08. The Morgan fingerprint density at radius 2 is 1.90 bits per heavy atom. The highest BCUT2D eigenvalue weighted by Crippen LogP contribution is 2.41. The third-order valence-corrected chi connectivity index (χ3v) is 4.04. The Kier molecular flexibility index (Phi) is 4.32. The minimum absolute atomic E-state index is 0.107. The molecular formula is C16H21NO4. The van der Waals surface area contributed by atoms with Gasteiger partial charge < -0.3 is 10.2 Å². The van der Waals surface area contributed by atoms with Crippen LogP contribution in [0.4, 0.5) is 0 Å². The summed E-state index contributed by atoms with van der Waals surface area (Å²) < 4.78 is 0. The van der Waals surface area contributed by atoms with Crippen molar-refractivity contribution in [2.75, 3.05) is 0 Å². The van der Waals surface area contributed by atoms with E-state index in [4.69, 9.17) is 0 Å². The van der Waals surface area contributed by atoms with Crippen molar-refractivity contribution in [3.63, 3.8) is 0 Å². The molecule has 0 radical (unpaired) electrons. The van der Waals surface area contributed by atoms with Crippen molar-refractivity contribution in [2.24, 2.45) is 11.8 Å². The fourth-order valence-corrected chi connectivity index (χ4v) is 3.23. The number of hydrogen-bond acceptors (Lipinski definition) is 3. The molecule has 3 atom stereocenters. The van der Waals surface area contributed by atoms with Gasteiger partial charge in [-0.1, -0.05) is 44.2 Å². The summed E-state index contributed by atoms with van der Waals surface area (Å²) in [7, 11) is 0. The summed E-state index contributed by atoms with van der Waals surface area (Å²) in [6.45, 7) is 3.88. The number of carboxylic acid groups (broad SMARTS) is 2. The summed E-state index contributed by atoms with van der Waals surface area (Å²) in [6, 6.07) is 8.71. The zero-order valence-electron chi connectivity index (χ0n) is 12.2. The predicted octanol–water partition coefficient (Wildman–Crippen LogP) is 2.29. The third-order valence-electron chi connectivity index (χ3n) is 4.04. The van der Waals surface area contributed by atoms with Crippen molar-refractivity contribution in [1.29, 1.82) is 0 Å². The van der Waals surface area contributed by atoms with E-state index in [1.54, 1.807) is 0 Å². The van der Waals surface area contributed by atoms with Crippen molar-refractivity contribution in [2.45, 2.75) is 38.3 Å². The van der Waals surface area contributed by atoms with Crippen molar-refractivity contribution in [3.05, 3.63) is 35.9 Å². The number of nitrogens with one attached hydrogen (secondary N) is 1. The zero-order chi connectivity index (χ0) is 15.6. The molecule has 1 fully saturated rings. The second-order valence-corrected chi connectivity index (χ2v) is 6.17. The lowest BCUT2D eigenvalue weighted by Gasteiger charge is -2.27. The maximum atomic E-state index is 11.7. The highest BCUT2D eigenvalue weighted by Gasteiger charge is 2.52. The first-order chi connectivity index (χ1) is 9.85. The van der Waals surface area contributed by atoms with Gasteiger partial charge in [-0.05, 0) is 24.3 Å². The second kappa shape index (κ2) is 5.85. The van der Waals surface area contributed by atoms with Crippen molar-refractivity contribution in [1.82, 2.24) is 5.32 Å². The van der Waals surface area contributed by atoms with Crippen LogP contribution in [-0.4, -0.2) is 27.7 Å². The van der Waals surface area contributed by atoms with Crippen LogP contribution >= 0.6 is 0 Å². The molecule has 3 N–H and O–H groups in total. The van der Waals surface area contributed by atoms with Crippen molar-refractivity contribution in [3.8, 4) is 0 Å². The van der Waals surface area contributed by atoms with Crippen LogP contribution in [0.5, 0.6) is 0 Å². The van der Waals surface area contributed by atoms with Gasteiger partial charge in [-0.3, -0.25) is 14.9 Å². The monoisotopic (exact) mass is 291 g/mol. The molecule has 3 unspecified atom stereocenters. The van der Waals surface area contributed by atoms with E-state index in [9.17, 15) is 19.8 Å². The SMILES string of the molecule is CC(C)CC1(C(=O)O)CC(C(=O)O)C(c2ccccc2)N1. The van der Waals surface area contributed by atoms with Crippen LogP contribution < -0.4 is 5.32 Å². The Labute approximate surface area is 124 Å². The van der Waals surface area contributed by atoms with E-state index in [1.165, 1.54) is 0 Å². The van der Waals surface area contributed by atoms with Crippen LogP contribution in [0.3, 0.4) is 0 Å². The summed E-state index contributed by atoms with van der Waals surface area (Å²) in [5, 5.41) is 22.2. The van der Waals surface area contributed by atoms with Crippen molar-refractivity contribution < 1.29 is 19.8 Å². The van der Waals surface area contributed by atoms with Crippen LogP contribution in [0, 0.1) is 11.8 Å². The summed E-state index contributed by atoms with van der Waals surface area (Å²) >= 11 is 0. The molecule has 0 spiro atoms. The maximum Gasteiger partial charge on any atom is 0.323 e. The van der Waals surface area contributed by atoms with E-state index in [-0.39, 0.29) is 12.3 Å². The highest BCUT2D eigenvalue weighted by atomic mass is 16.4. The van der Waals surface area contributed by atoms with Gasteiger partial charge >= 0.3 is 11.9 Å². The van der Waals surface area contributed by atoms with Gasteiger partial charge in [-0.25, -0.2) is 0 Å². The molecule has 1 aliphatic heterocycles. The second-order valence-electron chi connectivity index (χ2n) is 6.17. The number of carboxylic acids is 2. The Balaban J connectivity index is 2.37. The zero-order valence-corrected chi connectivity index (χ0v) is 12.2. The molecule has 0 saturated carbocycles. The molecule has 0 aromatic heterocycles. The van der Waals surface area contributed by atoms with Gasteiger partial charge in [0, 0.05) is 6.04 Å². The summed E-state index contributed by atoms with van der Waals surface area (Å²) in [5.41, 5.74) is -0.352.